The van der Waals surface area contributed by atoms with Gasteiger partial charge in [0.2, 0.25) is 0 Å². The van der Waals surface area contributed by atoms with Gasteiger partial charge in [-0.05, 0) is 25.1 Å². The molecule has 0 unspecified atom stereocenters. The maximum atomic E-state index is 13.4. The van der Waals surface area contributed by atoms with Gasteiger partial charge in [0.15, 0.2) is 0 Å². The van der Waals surface area contributed by atoms with E-state index in [-0.39, 0.29) is 30.8 Å². The zero-order valence-corrected chi connectivity index (χ0v) is 9.90. The van der Waals surface area contributed by atoms with E-state index in [0.29, 0.717) is 0 Å². The van der Waals surface area contributed by atoms with E-state index in [0.717, 1.165) is 6.07 Å². The lowest BCUT2D eigenvalue weighted by atomic mass is 10.1. The van der Waals surface area contributed by atoms with Gasteiger partial charge in [-0.2, -0.15) is 0 Å². The molecule has 0 amide bonds. The second-order valence-electron chi connectivity index (χ2n) is 3.52. The number of carbonyl (C=O) groups is 2. The number of carboxylic acid groups (broad SMARTS) is 1. The van der Waals surface area contributed by atoms with E-state index in [4.69, 9.17) is 5.11 Å². The first-order valence-electron chi connectivity index (χ1n) is 5.42. The second kappa shape index (κ2) is 6.70. The minimum Gasteiger partial charge on any atom is -0.478 e. The molecular weight excluding hydrogens is 241 g/mol. The zero-order chi connectivity index (χ0) is 13.5. The van der Waals surface area contributed by atoms with Crippen molar-refractivity contribution in [3.8, 4) is 0 Å². The molecular formula is C12H14FNO4. The summed E-state index contributed by atoms with van der Waals surface area (Å²) in [6.07, 6.45) is 0. The molecule has 0 radical (unpaired) electrons. The van der Waals surface area contributed by atoms with Gasteiger partial charge < -0.3 is 15.2 Å². The zero-order valence-electron chi connectivity index (χ0n) is 9.90. The molecule has 0 aliphatic heterocycles. The molecule has 0 atom stereocenters. The fraction of sp³-hybridized carbons (Fsp3) is 0.333. The van der Waals surface area contributed by atoms with E-state index in [1.165, 1.54) is 12.1 Å². The summed E-state index contributed by atoms with van der Waals surface area (Å²) in [4.78, 5) is 21.7. The standard InChI is InChI=1S/C12H14FNO4/c1-2-18-11(15)7-14-6-9-5-8(12(16)17)3-4-10(9)13/h3-5,14H,2,6-7H2,1H3,(H,16,17). The van der Waals surface area contributed by atoms with Gasteiger partial charge in [-0.3, -0.25) is 4.79 Å². The molecule has 0 aromatic heterocycles. The molecule has 0 saturated heterocycles. The first kappa shape index (κ1) is 14.1. The summed E-state index contributed by atoms with van der Waals surface area (Å²) in [6, 6.07) is 3.51. The van der Waals surface area contributed by atoms with Crippen molar-refractivity contribution in [3.63, 3.8) is 0 Å². The van der Waals surface area contributed by atoms with E-state index in [1.54, 1.807) is 6.92 Å². The summed E-state index contributed by atoms with van der Waals surface area (Å²) >= 11 is 0. The van der Waals surface area contributed by atoms with Crippen LogP contribution in [0.3, 0.4) is 0 Å². The third-order valence-corrected chi connectivity index (χ3v) is 2.18. The highest BCUT2D eigenvalue weighted by atomic mass is 19.1. The lowest BCUT2D eigenvalue weighted by Gasteiger charge is -2.06. The van der Waals surface area contributed by atoms with Crippen molar-refractivity contribution >= 4 is 11.9 Å². The molecule has 0 aliphatic carbocycles. The van der Waals surface area contributed by atoms with Gasteiger partial charge in [0.25, 0.3) is 0 Å². The number of nitrogens with one attached hydrogen (secondary N) is 1. The Kier molecular flexibility index (Phi) is 5.26. The number of hydrogen-bond acceptors (Lipinski definition) is 4. The van der Waals surface area contributed by atoms with Crippen molar-refractivity contribution in [1.29, 1.82) is 0 Å². The smallest absolute Gasteiger partial charge is 0.335 e. The molecule has 0 aliphatic rings. The molecule has 98 valence electrons. The Labute approximate surface area is 104 Å². The summed E-state index contributed by atoms with van der Waals surface area (Å²) in [5.74, 6) is -2.08. The Hall–Kier alpha value is -1.95. The van der Waals surface area contributed by atoms with Crippen LogP contribution < -0.4 is 5.32 Å². The number of carboxylic acids is 1. The molecule has 0 saturated carbocycles. The predicted molar refractivity (Wildman–Crippen MR) is 61.7 cm³/mol. The van der Waals surface area contributed by atoms with Crippen LogP contribution in [0.2, 0.25) is 0 Å². The van der Waals surface area contributed by atoms with Gasteiger partial charge in [0.1, 0.15) is 5.82 Å². The Bertz CT molecular complexity index is 448. The second-order valence-corrected chi connectivity index (χ2v) is 3.52. The Morgan fingerprint density at radius 2 is 2.17 bits per heavy atom. The van der Waals surface area contributed by atoms with Gasteiger partial charge in [-0.15, -0.1) is 0 Å². The third kappa shape index (κ3) is 4.14. The van der Waals surface area contributed by atoms with Crippen LogP contribution in [0, 0.1) is 5.82 Å². The molecule has 1 aromatic rings. The maximum Gasteiger partial charge on any atom is 0.335 e. The SMILES string of the molecule is CCOC(=O)CNCc1cc(C(=O)O)ccc1F. The van der Waals surface area contributed by atoms with Crippen LogP contribution in [-0.4, -0.2) is 30.2 Å². The molecule has 6 heteroatoms. The molecule has 1 rings (SSSR count). The highest BCUT2D eigenvalue weighted by molar-refractivity contribution is 5.87. The predicted octanol–water partition coefficient (Wildman–Crippen LogP) is 1.18. The van der Waals surface area contributed by atoms with Crippen LogP contribution >= 0.6 is 0 Å². The number of benzene rings is 1. The van der Waals surface area contributed by atoms with Crippen LogP contribution in [0.25, 0.3) is 0 Å². The molecule has 0 heterocycles. The molecule has 2 N–H and O–H groups in total. The van der Waals surface area contributed by atoms with Crippen molar-refractivity contribution in [3.05, 3.63) is 35.1 Å². The summed E-state index contributed by atoms with van der Waals surface area (Å²) in [5, 5.41) is 11.5. The minimum atomic E-state index is -1.12. The number of ether oxygens (including phenoxy) is 1. The number of rotatable bonds is 6. The number of carbonyl (C=O) groups excluding carboxylic acids is 1. The molecule has 18 heavy (non-hydrogen) atoms. The third-order valence-electron chi connectivity index (χ3n) is 2.18. The maximum absolute atomic E-state index is 13.4. The molecule has 0 spiro atoms. The number of hydrogen-bond donors (Lipinski definition) is 2. The van der Waals surface area contributed by atoms with Gasteiger partial charge in [0, 0.05) is 12.1 Å². The average molecular weight is 255 g/mol. The topological polar surface area (TPSA) is 75.6 Å². The first-order chi connectivity index (χ1) is 8.54. The Morgan fingerprint density at radius 3 is 2.78 bits per heavy atom. The molecule has 5 nitrogen and oxygen atoms in total. The van der Waals surface area contributed by atoms with Crippen molar-refractivity contribution in [2.75, 3.05) is 13.2 Å². The monoisotopic (exact) mass is 255 g/mol. The van der Waals surface area contributed by atoms with Gasteiger partial charge >= 0.3 is 11.9 Å². The summed E-state index contributed by atoms with van der Waals surface area (Å²) in [7, 11) is 0. The van der Waals surface area contributed by atoms with Crippen LogP contribution in [0.4, 0.5) is 4.39 Å². The van der Waals surface area contributed by atoms with E-state index in [1.807, 2.05) is 0 Å². The van der Waals surface area contributed by atoms with Crippen LogP contribution in [-0.2, 0) is 16.1 Å². The summed E-state index contributed by atoms with van der Waals surface area (Å²) in [5.41, 5.74) is 0.198. The summed E-state index contributed by atoms with van der Waals surface area (Å²) in [6.45, 7) is 1.98. The average Bonchev–Trinajstić information content (AvgIpc) is 2.31. The van der Waals surface area contributed by atoms with Gasteiger partial charge in [-0.25, -0.2) is 9.18 Å². The van der Waals surface area contributed by atoms with Gasteiger partial charge in [-0.1, -0.05) is 0 Å². The number of aromatic carboxylic acids is 1. The van der Waals surface area contributed by atoms with Crippen LogP contribution in [0.5, 0.6) is 0 Å². The number of halogens is 1. The van der Waals surface area contributed by atoms with E-state index < -0.39 is 17.8 Å². The Balaban J connectivity index is 2.58. The largest absolute Gasteiger partial charge is 0.478 e. The number of esters is 1. The normalized spacial score (nSPS) is 10.1. The highest BCUT2D eigenvalue weighted by Crippen LogP contribution is 2.10. The fourth-order valence-electron chi connectivity index (χ4n) is 1.35. The van der Waals surface area contributed by atoms with E-state index in [2.05, 4.69) is 10.1 Å². The van der Waals surface area contributed by atoms with E-state index >= 15 is 0 Å². The molecule has 0 bridgehead atoms. The van der Waals surface area contributed by atoms with Crippen LogP contribution in [0.1, 0.15) is 22.8 Å². The van der Waals surface area contributed by atoms with Crippen molar-refractivity contribution in [2.45, 2.75) is 13.5 Å². The summed E-state index contributed by atoms with van der Waals surface area (Å²) < 4.78 is 18.0. The van der Waals surface area contributed by atoms with Crippen molar-refractivity contribution in [2.24, 2.45) is 0 Å². The van der Waals surface area contributed by atoms with Gasteiger partial charge in [0.05, 0.1) is 18.7 Å². The Morgan fingerprint density at radius 1 is 1.44 bits per heavy atom. The van der Waals surface area contributed by atoms with Crippen molar-refractivity contribution in [1.82, 2.24) is 5.32 Å². The van der Waals surface area contributed by atoms with Crippen LogP contribution in [0.15, 0.2) is 18.2 Å². The fourth-order valence-corrected chi connectivity index (χ4v) is 1.35. The lowest BCUT2D eigenvalue weighted by Crippen LogP contribution is -2.24. The molecule has 0 fully saturated rings. The highest BCUT2D eigenvalue weighted by Gasteiger charge is 2.09. The van der Waals surface area contributed by atoms with E-state index in [9.17, 15) is 14.0 Å². The lowest BCUT2D eigenvalue weighted by molar-refractivity contribution is -0.142. The quantitative estimate of drug-likeness (QED) is 0.746. The van der Waals surface area contributed by atoms with Crippen molar-refractivity contribution < 1.29 is 23.8 Å². The molecule has 1 aromatic carbocycles. The minimum absolute atomic E-state index is 0.00401. The first-order valence-corrected chi connectivity index (χ1v) is 5.42.